The Morgan fingerprint density at radius 2 is 1.90 bits per heavy atom. The molecule has 0 aliphatic carbocycles. The van der Waals surface area contributed by atoms with E-state index in [0.29, 0.717) is 17.3 Å². The highest BCUT2D eigenvalue weighted by atomic mass is 35.5. The smallest absolute Gasteiger partial charge is 0.333 e. The fourth-order valence-electron chi connectivity index (χ4n) is 3.09. The lowest BCUT2D eigenvalue weighted by Crippen LogP contribution is -2.34. The van der Waals surface area contributed by atoms with E-state index < -0.39 is 6.03 Å². The topological polar surface area (TPSA) is 89.3 Å². The normalized spacial score (nSPS) is 10.5. The highest BCUT2D eigenvalue weighted by Gasteiger charge is 2.12. The minimum Gasteiger partial charge on any atom is -0.489 e. The summed E-state index contributed by atoms with van der Waals surface area (Å²) in [7, 11) is 0. The van der Waals surface area contributed by atoms with Gasteiger partial charge in [0.15, 0.2) is 0 Å². The molecule has 0 saturated heterocycles. The lowest BCUT2D eigenvalue weighted by Gasteiger charge is -2.17. The Labute approximate surface area is 175 Å². The van der Waals surface area contributed by atoms with Crippen molar-refractivity contribution in [3.8, 4) is 17.0 Å². The first-order chi connectivity index (χ1) is 13.9. The monoisotopic (exact) mass is 410 g/mol. The molecule has 0 fully saturated rings. The summed E-state index contributed by atoms with van der Waals surface area (Å²) >= 11 is 6.10. The Hall–Kier alpha value is -3.09. The van der Waals surface area contributed by atoms with Gasteiger partial charge in [-0.2, -0.15) is 0 Å². The van der Waals surface area contributed by atoms with Crippen LogP contribution >= 0.6 is 11.6 Å². The number of carbonyl (C=O) groups is 1. The van der Waals surface area contributed by atoms with Crippen molar-refractivity contribution in [2.75, 3.05) is 5.32 Å². The number of nitrogens with zero attached hydrogens (tertiary/aromatic N) is 1. The first kappa shape index (κ1) is 20.6. The summed E-state index contributed by atoms with van der Waals surface area (Å²) in [5.41, 5.74) is 8.46. The number of carbonyl (C=O) groups excluding carboxylic acids is 1. The van der Waals surface area contributed by atoms with Gasteiger partial charge in [0, 0.05) is 28.0 Å². The van der Waals surface area contributed by atoms with E-state index in [9.17, 15) is 4.79 Å². The summed E-state index contributed by atoms with van der Waals surface area (Å²) in [5, 5.41) is 3.37. The number of halogens is 1. The van der Waals surface area contributed by atoms with Gasteiger partial charge in [-0.3, -0.25) is 10.4 Å². The van der Waals surface area contributed by atoms with Gasteiger partial charge in [0.25, 0.3) is 0 Å². The Morgan fingerprint density at radius 3 is 2.62 bits per heavy atom. The van der Waals surface area contributed by atoms with E-state index in [4.69, 9.17) is 22.2 Å². The van der Waals surface area contributed by atoms with Gasteiger partial charge in [-0.15, -0.1) is 0 Å². The number of urea groups is 1. The number of anilines is 1. The fourth-order valence-corrected chi connectivity index (χ4v) is 3.25. The number of amides is 2. The van der Waals surface area contributed by atoms with Crippen LogP contribution in [0.15, 0.2) is 48.7 Å². The Morgan fingerprint density at radius 1 is 1.10 bits per heavy atom. The second-order valence-electron chi connectivity index (χ2n) is 6.78. The summed E-state index contributed by atoms with van der Waals surface area (Å²) in [4.78, 5) is 16.0. The Balaban J connectivity index is 1.85. The molecular weight excluding hydrogens is 388 g/mol. The van der Waals surface area contributed by atoms with Crippen LogP contribution in [-0.4, -0.2) is 11.0 Å². The molecule has 3 rings (SSSR count). The Kier molecular flexibility index (Phi) is 6.36. The molecule has 0 bridgehead atoms. The van der Waals surface area contributed by atoms with Crippen LogP contribution in [0, 0.1) is 20.8 Å². The lowest BCUT2D eigenvalue weighted by molar-refractivity contribution is 0.252. The van der Waals surface area contributed by atoms with E-state index in [1.165, 1.54) is 0 Å². The second kappa shape index (κ2) is 8.94. The van der Waals surface area contributed by atoms with E-state index in [2.05, 4.69) is 15.7 Å². The zero-order valence-corrected chi connectivity index (χ0v) is 17.3. The zero-order chi connectivity index (χ0) is 21.0. The average Bonchev–Trinajstić information content (AvgIpc) is 2.69. The molecule has 0 atom stereocenters. The number of hydrogen-bond donors (Lipinski definition) is 3. The third-order valence-corrected chi connectivity index (χ3v) is 4.92. The number of ether oxygens (including phenoxy) is 1. The van der Waals surface area contributed by atoms with Crippen LogP contribution in [0.4, 0.5) is 10.5 Å². The maximum Gasteiger partial charge on any atom is 0.333 e. The van der Waals surface area contributed by atoms with Crippen LogP contribution in [0.1, 0.15) is 22.3 Å². The van der Waals surface area contributed by atoms with Gasteiger partial charge >= 0.3 is 6.03 Å². The summed E-state index contributed by atoms with van der Waals surface area (Å²) in [6.45, 7) is 6.27. The van der Waals surface area contributed by atoms with Crippen molar-refractivity contribution < 1.29 is 9.53 Å². The molecule has 4 N–H and O–H groups in total. The average molecular weight is 411 g/mol. The Bertz CT molecular complexity index is 1050. The minimum atomic E-state index is -0.484. The third kappa shape index (κ3) is 4.85. The molecule has 0 unspecified atom stereocenters. The summed E-state index contributed by atoms with van der Waals surface area (Å²) in [6, 6.07) is 12.8. The van der Waals surface area contributed by atoms with Gasteiger partial charge in [-0.05, 0) is 67.8 Å². The predicted octanol–water partition coefficient (Wildman–Crippen LogP) is 4.90. The molecule has 0 radical (unpaired) electrons. The molecule has 0 aliphatic heterocycles. The lowest BCUT2D eigenvalue weighted by atomic mass is 10.0. The van der Waals surface area contributed by atoms with Crippen LogP contribution in [0.2, 0.25) is 5.02 Å². The number of aromatic nitrogens is 1. The molecule has 2 amide bonds. The third-order valence-electron chi connectivity index (χ3n) is 4.68. The first-order valence-electron chi connectivity index (χ1n) is 9.11. The maximum atomic E-state index is 11.6. The van der Waals surface area contributed by atoms with Gasteiger partial charge < -0.3 is 10.1 Å². The number of hydrazine groups is 1. The van der Waals surface area contributed by atoms with Crippen LogP contribution in [0.3, 0.4) is 0 Å². The van der Waals surface area contributed by atoms with E-state index in [1.807, 2.05) is 57.2 Å². The number of nitrogens with two attached hydrogens (primary N) is 1. The zero-order valence-electron chi connectivity index (χ0n) is 16.5. The molecule has 1 heterocycles. The molecule has 0 saturated carbocycles. The van der Waals surface area contributed by atoms with Gasteiger partial charge in [0.05, 0.1) is 5.69 Å². The van der Waals surface area contributed by atoms with Crippen molar-refractivity contribution in [3.05, 3.63) is 75.9 Å². The van der Waals surface area contributed by atoms with Gasteiger partial charge in [0.1, 0.15) is 12.4 Å². The predicted molar refractivity (Wildman–Crippen MR) is 116 cm³/mol. The van der Waals surface area contributed by atoms with Crippen LogP contribution in [-0.2, 0) is 6.61 Å². The molecule has 0 spiro atoms. The van der Waals surface area contributed by atoms with E-state index in [-0.39, 0.29) is 0 Å². The van der Waals surface area contributed by atoms with Gasteiger partial charge in [-0.25, -0.2) is 10.6 Å². The first-order valence-corrected chi connectivity index (χ1v) is 9.49. The summed E-state index contributed by atoms with van der Waals surface area (Å²) in [6.07, 6.45) is 1.70. The van der Waals surface area contributed by atoms with Crippen LogP contribution < -0.4 is 21.3 Å². The van der Waals surface area contributed by atoms with E-state index >= 15 is 0 Å². The highest BCUT2D eigenvalue weighted by Crippen LogP contribution is 2.31. The molecule has 150 valence electrons. The van der Waals surface area contributed by atoms with Crippen molar-refractivity contribution in [1.29, 1.82) is 0 Å². The second-order valence-corrected chi connectivity index (χ2v) is 7.22. The fraction of sp³-hybridized carbons (Fsp3) is 0.182. The number of aryl methyl sites for hydroxylation is 3. The van der Waals surface area contributed by atoms with Crippen molar-refractivity contribution >= 4 is 23.3 Å². The van der Waals surface area contributed by atoms with Crippen molar-refractivity contribution in [3.63, 3.8) is 0 Å². The van der Waals surface area contributed by atoms with Crippen molar-refractivity contribution in [2.45, 2.75) is 27.4 Å². The summed E-state index contributed by atoms with van der Waals surface area (Å²) < 4.78 is 6.11. The number of rotatable bonds is 5. The molecule has 1 aromatic heterocycles. The molecule has 3 aromatic rings. The molecule has 0 aliphatic rings. The minimum absolute atomic E-state index is 0.307. The van der Waals surface area contributed by atoms with Gasteiger partial charge in [0.2, 0.25) is 0 Å². The van der Waals surface area contributed by atoms with Crippen molar-refractivity contribution in [1.82, 2.24) is 10.4 Å². The molecule has 7 heteroatoms. The molecule has 6 nitrogen and oxygen atoms in total. The van der Waals surface area contributed by atoms with E-state index in [1.54, 1.807) is 12.3 Å². The van der Waals surface area contributed by atoms with Crippen molar-refractivity contribution in [2.24, 2.45) is 5.84 Å². The largest absolute Gasteiger partial charge is 0.489 e. The molecular formula is C22H23ClN4O2. The van der Waals surface area contributed by atoms with Crippen LogP contribution in [0.5, 0.6) is 5.75 Å². The molecule has 29 heavy (non-hydrogen) atoms. The highest BCUT2D eigenvalue weighted by molar-refractivity contribution is 6.30. The van der Waals surface area contributed by atoms with E-state index in [0.717, 1.165) is 39.3 Å². The SMILES string of the molecule is Cc1cc(-c2cc(Cl)ccn2)c(C)cc1OCc1c(C)cccc1NC(=O)NN. The number of hydrogen-bond acceptors (Lipinski definition) is 4. The summed E-state index contributed by atoms with van der Waals surface area (Å²) in [5.74, 6) is 5.94. The quantitative estimate of drug-likeness (QED) is 0.317. The molecule has 2 aromatic carbocycles. The number of pyridine rings is 1. The van der Waals surface area contributed by atoms with Gasteiger partial charge in [-0.1, -0.05) is 23.7 Å². The standard InChI is InChI=1S/C22H23ClN4O2/c1-13-5-4-6-19(26-22(28)27-24)18(13)12-29-21-10-14(2)17(9-15(21)3)20-11-16(23)7-8-25-20/h4-11H,12,24H2,1-3H3,(H2,26,27,28). The van der Waals surface area contributed by atoms with Crippen LogP contribution in [0.25, 0.3) is 11.3 Å². The number of nitrogens with one attached hydrogen (secondary N) is 2. The number of benzene rings is 2. The maximum absolute atomic E-state index is 11.6.